The Balaban J connectivity index is 2.22. The van der Waals surface area contributed by atoms with E-state index in [2.05, 4.69) is 19.2 Å². The highest BCUT2D eigenvalue weighted by molar-refractivity contribution is 5.99. The van der Waals surface area contributed by atoms with E-state index in [9.17, 15) is 4.79 Å². The number of hydrogen-bond acceptors (Lipinski definition) is 2. The largest absolute Gasteiger partial charge is 0.381 e. The molecule has 3 nitrogen and oxygen atoms in total. The van der Waals surface area contributed by atoms with Crippen LogP contribution in [-0.2, 0) is 0 Å². The van der Waals surface area contributed by atoms with Crippen LogP contribution in [0.4, 0.5) is 5.69 Å². The van der Waals surface area contributed by atoms with Gasteiger partial charge in [0.15, 0.2) is 0 Å². The number of anilines is 1. The first-order chi connectivity index (χ1) is 9.50. The summed E-state index contributed by atoms with van der Waals surface area (Å²) in [5.74, 6) is 1.37. The number of amides is 1. The highest BCUT2D eigenvalue weighted by atomic mass is 16.2. The molecular formula is C17H26N2O. The van der Waals surface area contributed by atoms with Crippen LogP contribution in [-0.4, -0.2) is 30.9 Å². The Bertz CT molecular complexity index is 460. The van der Waals surface area contributed by atoms with Gasteiger partial charge in [-0.15, -0.1) is 0 Å². The van der Waals surface area contributed by atoms with Crippen LogP contribution in [0, 0.1) is 11.8 Å². The first-order valence-electron chi connectivity index (χ1n) is 7.58. The summed E-state index contributed by atoms with van der Waals surface area (Å²) >= 11 is 0. The molecule has 110 valence electrons. The second kappa shape index (κ2) is 6.29. The quantitative estimate of drug-likeness (QED) is 0.913. The van der Waals surface area contributed by atoms with Crippen molar-refractivity contribution in [3.05, 3.63) is 29.8 Å². The number of nitrogens with zero attached hydrogens (tertiary/aromatic N) is 1. The summed E-state index contributed by atoms with van der Waals surface area (Å²) in [6, 6.07) is 8.30. The molecule has 0 aromatic heterocycles. The summed E-state index contributed by atoms with van der Waals surface area (Å²) < 4.78 is 0. The van der Waals surface area contributed by atoms with Crippen molar-refractivity contribution in [3.63, 3.8) is 0 Å². The van der Waals surface area contributed by atoms with Gasteiger partial charge in [0.1, 0.15) is 0 Å². The molecule has 2 rings (SSSR count). The fraction of sp³-hybridized carbons (Fsp3) is 0.588. The fourth-order valence-electron chi connectivity index (χ4n) is 3.18. The van der Waals surface area contributed by atoms with Gasteiger partial charge in [0.2, 0.25) is 0 Å². The minimum absolute atomic E-state index is 0.0595. The molecule has 1 aromatic rings. The number of para-hydroxylation sites is 1. The van der Waals surface area contributed by atoms with Crippen LogP contribution in [0.2, 0.25) is 0 Å². The molecule has 0 aliphatic heterocycles. The molecule has 1 fully saturated rings. The third-order valence-electron chi connectivity index (χ3n) is 4.43. The number of carbonyl (C=O) groups excluding carboxylic acids is 1. The summed E-state index contributed by atoms with van der Waals surface area (Å²) in [5, 5.41) is 3.64. The Morgan fingerprint density at radius 1 is 1.15 bits per heavy atom. The second-order valence-corrected chi connectivity index (χ2v) is 6.30. The van der Waals surface area contributed by atoms with Gasteiger partial charge in [0, 0.05) is 25.8 Å². The molecule has 1 aliphatic rings. The molecule has 0 heterocycles. The Hall–Kier alpha value is -1.51. The lowest BCUT2D eigenvalue weighted by Crippen LogP contribution is -2.37. The molecule has 0 saturated heterocycles. The summed E-state index contributed by atoms with van der Waals surface area (Å²) in [4.78, 5) is 13.9. The summed E-state index contributed by atoms with van der Waals surface area (Å²) in [7, 11) is 3.59. The number of carbonyl (C=O) groups is 1. The van der Waals surface area contributed by atoms with E-state index >= 15 is 0 Å². The minimum atomic E-state index is 0.0595. The molecular weight excluding hydrogens is 248 g/mol. The number of nitrogens with one attached hydrogen (secondary N) is 1. The number of benzene rings is 1. The van der Waals surface area contributed by atoms with Gasteiger partial charge in [-0.1, -0.05) is 32.4 Å². The van der Waals surface area contributed by atoms with Crippen LogP contribution in [0.15, 0.2) is 24.3 Å². The van der Waals surface area contributed by atoms with Gasteiger partial charge in [-0.3, -0.25) is 4.79 Å². The van der Waals surface area contributed by atoms with Crippen molar-refractivity contribution in [2.45, 2.75) is 39.2 Å². The molecule has 1 aliphatic carbocycles. The van der Waals surface area contributed by atoms with Crippen molar-refractivity contribution in [2.24, 2.45) is 11.8 Å². The third-order valence-corrected chi connectivity index (χ3v) is 4.43. The molecule has 1 saturated carbocycles. The topological polar surface area (TPSA) is 32.3 Å². The van der Waals surface area contributed by atoms with Crippen LogP contribution in [0.25, 0.3) is 0 Å². The molecule has 3 heteroatoms. The number of hydrogen-bond donors (Lipinski definition) is 1. The van der Waals surface area contributed by atoms with Crippen LogP contribution < -0.4 is 5.32 Å². The van der Waals surface area contributed by atoms with E-state index < -0.39 is 0 Å². The zero-order chi connectivity index (χ0) is 14.7. The molecule has 1 N–H and O–H groups in total. The summed E-state index contributed by atoms with van der Waals surface area (Å²) in [5.41, 5.74) is 1.74. The highest BCUT2D eigenvalue weighted by Gasteiger charge is 2.28. The van der Waals surface area contributed by atoms with Crippen LogP contribution in [0.5, 0.6) is 0 Å². The molecule has 2 unspecified atom stereocenters. The van der Waals surface area contributed by atoms with Gasteiger partial charge >= 0.3 is 0 Å². The average Bonchev–Trinajstić information content (AvgIpc) is 2.42. The first kappa shape index (κ1) is 14.9. The van der Waals surface area contributed by atoms with Crippen molar-refractivity contribution >= 4 is 11.6 Å². The predicted molar refractivity (Wildman–Crippen MR) is 84.0 cm³/mol. The monoisotopic (exact) mass is 274 g/mol. The Labute approximate surface area is 122 Å². The lowest BCUT2D eigenvalue weighted by Gasteiger charge is -2.36. The van der Waals surface area contributed by atoms with Crippen LogP contribution in [0.1, 0.15) is 43.5 Å². The van der Waals surface area contributed by atoms with E-state index in [4.69, 9.17) is 0 Å². The van der Waals surface area contributed by atoms with Gasteiger partial charge in [-0.25, -0.2) is 0 Å². The van der Waals surface area contributed by atoms with Crippen molar-refractivity contribution in [1.29, 1.82) is 0 Å². The second-order valence-electron chi connectivity index (χ2n) is 6.30. The zero-order valence-electron chi connectivity index (χ0n) is 13.0. The number of rotatable bonds is 3. The standard InChI is InChI=1S/C17H26N2O/c1-12-8-7-9-13(2)16(12)18-15-11-6-5-10-14(15)17(20)19(3)4/h5-6,10-13,16,18H,7-9H2,1-4H3. The zero-order valence-corrected chi connectivity index (χ0v) is 13.0. The van der Waals surface area contributed by atoms with E-state index in [-0.39, 0.29) is 5.91 Å². The van der Waals surface area contributed by atoms with Crippen molar-refractivity contribution in [3.8, 4) is 0 Å². The average molecular weight is 274 g/mol. The normalized spacial score (nSPS) is 26.1. The molecule has 20 heavy (non-hydrogen) atoms. The fourth-order valence-corrected chi connectivity index (χ4v) is 3.18. The van der Waals surface area contributed by atoms with Crippen molar-refractivity contribution < 1.29 is 4.79 Å². The lowest BCUT2D eigenvalue weighted by atomic mass is 9.78. The van der Waals surface area contributed by atoms with Crippen LogP contribution >= 0.6 is 0 Å². The molecule has 1 aromatic carbocycles. The third kappa shape index (κ3) is 3.14. The molecule has 0 radical (unpaired) electrons. The van der Waals surface area contributed by atoms with E-state index in [1.807, 2.05) is 24.3 Å². The molecule has 1 amide bonds. The Morgan fingerprint density at radius 2 is 1.75 bits per heavy atom. The predicted octanol–water partition coefficient (Wildman–Crippen LogP) is 3.63. The van der Waals surface area contributed by atoms with Crippen molar-refractivity contribution in [1.82, 2.24) is 4.90 Å². The van der Waals surface area contributed by atoms with Gasteiger partial charge < -0.3 is 10.2 Å². The maximum Gasteiger partial charge on any atom is 0.255 e. The SMILES string of the molecule is CC1CCCC(C)C1Nc1ccccc1C(=O)N(C)C. The first-order valence-corrected chi connectivity index (χ1v) is 7.58. The molecule has 0 bridgehead atoms. The smallest absolute Gasteiger partial charge is 0.255 e. The highest BCUT2D eigenvalue weighted by Crippen LogP contribution is 2.32. The maximum atomic E-state index is 12.3. The molecule has 2 atom stereocenters. The minimum Gasteiger partial charge on any atom is -0.381 e. The van der Waals surface area contributed by atoms with Gasteiger partial charge in [-0.2, -0.15) is 0 Å². The van der Waals surface area contributed by atoms with E-state index in [0.717, 1.165) is 11.3 Å². The Morgan fingerprint density at radius 3 is 2.35 bits per heavy atom. The lowest BCUT2D eigenvalue weighted by molar-refractivity contribution is 0.0828. The summed E-state index contributed by atoms with van der Waals surface area (Å²) in [6.07, 6.45) is 3.86. The van der Waals surface area contributed by atoms with Gasteiger partial charge in [0.25, 0.3) is 5.91 Å². The van der Waals surface area contributed by atoms with Crippen LogP contribution in [0.3, 0.4) is 0 Å². The summed E-state index contributed by atoms with van der Waals surface area (Å²) in [6.45, 7) is 4.62. The van der Waals surface area contributed by atoms with E-state index in [1.54, 1.807) is 19.0 Å². The van der Waals surface area contributed by atoms with E-state index in [1.165, 1.54) is 19.3 Å². The van der Waals surface area contributed by atoms with Gasteiger partial charge in [-0.05, 0) is 36.8 Å². The van der Waals surface area contributed by atoms with E-state index in [0.29, 0.717) is 17.9 Å². The maximum absolute atomic E-state index is 12.3. The van der Waals surface area contributed by atoms with Crippen molar-refractivity contribution in [2.75, 3.05) is 19.4 Å². The van der Waals surface area contributed by atoms with Gasteiger partial charge in [0.05, 0.1) is 5.56 Å². The Kier molecular flexibility index (Phi) is 4.69. The molecule has 0 spiro atoms.